The lowest BCUT2D eigenvalue weighted by Crippen LogP contribution is -2.34. The van der Waals surface area contributed by atoms with Crippen LogP contribution in [0.5, 0.6) is 5.75 Å². The number of ether oxygens (including phenoxy) is 1. The second kappa shape index (κ2) is 6.16. The SMILES string of the molecule is COc1ccccc1CC(=O)N=C1S[C@@H]2CS(=O)(=O)C[C@H]2N1C. The second-order valence-electron chi connectivity index (χ2n) is 5.69. The first-order valence-electron chi connectivity index (χ1n) is 7.23. The lowest BCUT2D eigenvalue weighted by molar-refractivity contribution is -0.117. The van der Waals surface area contributed by atoms with Crippen LogP contribution < -0.4 is 4.74 Å². The molecule has 1 amide bonds. The van der Waals surface area contributed by atoms with E-state index in [4.69, 9.17) is 4.74 Å². The standard InChI is InChI=1S/C15H18N2O4S2/c1-17-11-8-23(19,20)9-13(11)22-15(17)16-14(18)7-10-5-3-4-6-12(10)21-2/h3-6,11,13H,7-9H2,1-2H3/t11-,13-/m1/s1. The number of fused-ring (bicyclic) bond motifs is 1. The van der Waals surface area contributed by atoms with E-state index in [1.165, 1.54) is 11.8 Å². The van der Waals surface area contributed by atoms with Crippen molar-refractivity contribution in [1.82, 2.24) is 4.90 Å². The Morgan fingerprint density at radius 1 is 1.39 bits per heavy atom. The molecule has 3 rings (SSSR count). The predicted molar refractivity (Wildman–Crippen MR) is 90.7 cm³/mol. The van der Waals surface area contributed by atoms with Gasteiger partial charge in [0.25, 0.3) is 5.91 Å². The highest BCUT2D eigenvalue weighted by molar-refractivity contribution is 8.15. The van der Waals surface area contributed by atoms with Gasteiger partial charge in [0.15, 0.2) is 15.0 Å². The van der Waals surface area contributed by atoms with Crippen molar-refractivity contribution in [1.29, 1.82) is 0 Å². The molecule has 2 saturated heterocycles. The second-order valence-corrected chi connectivity index (χ2v) is 9.05. The molecule has 0 aromatic heterocycles. The van der Waals surface area contributed by atoms with E-state index in [0.29, 0.717) is 10.9 Å². The Morgan fingerprint density at radius 2 is 2.13 bits per heavy atom. The smallest absolute Gasteiger partial charge is 0.252 e. The van der Waals surface area contributed by atoms with E-state index < -0.39 is 9.84 Å². The van der Waals surface area contributed by atoms with E-state index in [1.54, 1.807) is 20.2 Å². The summed E-state index contributed by atoms with van der Waals surface area (Å²) in [6, 6.07) is 7.26. The molecule has 8 heteroatoms. The first-order chi connectivity index (χ1) is 10.9. The van der Waals surface area contributed by atoms with Crippen LogP contribution in [0.15, 0.2) is 29.3 Å². The predicted octanol–water partition coefficient (Wildman–Crippen LogP) is 0.964. The Hall–Kier alpha value is -1.54. The maximum absolute atomic E-state index is 12.2. The molecule has 2 heterocycles. The van der Waals surface area contributed by atoms with Crippen molar-refractivity contribution >= 4 is 32.7 Å². The van der Waals surface area contributed by atoms with Crippen molar-refractivity contribution in [2.45, 2.75) is 17.7 Å². The number of hydrogen-bond donors (Lipinski definition) is 0. The average molecular weight is 354 g/mol. The number of amidine groups is 1. The zero-order chi connectivity index (χ0) is 16.6. The fourth-order valence-electron chi connectivity index (χ4n) is 2.89. The molecule has 23 heavy (non-hydrogen) atoms. The van der Waals surface area contributed by atoms with Gasteiger partial charge in [-0.1, -0.05) is 30.0 Å². The van der Waals surface area contributed by atoms with Crippen LogP contribution in [0.25, 0.3) is 0 Å². The maximum atomic E-state index is 12.2. The van der Waals surface area contributed by atoms with Crippen LogP contribution in [0, 0.1) is 0 Å². The van der Waals surface area contributed by atoms with E-state index in [-0.39, 0.29) is 35.1 Å². The lowest BCUT2D eigenvalue weighted by atomic mass is 10.1. The summed E-state index contributed by atoms with van der Waals surface area (Å²) in [5.74, 6) is 0.705. The molecule has 0 N–H and O–H groups in total. The zero-order valence-corrected chi connectivity index (χ0v) is 14.6. The van der Waals surface area contributed by atoms with Crippen LogP contribution in [0.3, 0.4) is 0 Å². The van der Waals surface area contributed by atoms with Gasteiger partial charge in [-0.25, -0.2) is 8.42 Å². The van der Waals surface area contributed by atoms with E-state index in [9.17, 15) is 13.2 Å². The molecule has 0 saturated carbocycles. The molecular weight excluding hydrogens is 336 g/mol. The molecule has 0 bridgehead atoms. The molecule has 2 atom stereocenters. The molecular formula is C15H18N2O4S2. The maximum Gasteiger partial charge on any atom is 0.252 e. The first-order valence-corrected chi connectivity index (χ1v) is 9.93. The Balaban J connectivity index is 1.72. The van der Waals surface area contributed by atoms with Crippen LogP contribution >= 0.6 is 11.8 Å². The van der Waals surface area contributed by atoms with Gasteiger partial charge in [-0.2, -0.15) is 4.99 Å². The number of rotatable bonds is 3. The Bertz CT molecular complexity index is 760. The highest BCUT2D eigenvalue weighted by atomic mass is 32.2. The van der Waals surface area contributed by atoms with E-state index in [1.807, 2.05) is 23.1 Å². The molecule has 0 unspecified atom stereocenters. The number of carbonyl (C=O) groups excluding carboxylic acids is 1. The largest absolute Gasteiger partial charge is 0.496 e. The van der Waals surface area contributed by atoms with Gasteiger partial charge in [0, 0.05) is 17.9 Å². The van der Waals surface area contributed by atoms with Crippen molar-refractivity contribution in [3.05, 3.63) is 29.8 Å². The van der Waals surface area contributed by atoms with Gasteiger partial charge in [0.2, 0.25) is 0 Å². The van der Waals surface area contributed by atoms with Gasteiger partial charge in [0.1, 0.15) is 5.75 Å². The van der Waals surface area contributed by atoms with Crippen LogP contribution in [0.4, 0.5) is 0 Å². The Labute approximate surface area is 139 Å². The highest BCUT2D eigenvalue weighted by Crippen LogP contribution is 2.37. The van der Waals surface area contributed by atoms with Gasteiger partial charge in [-0.15, -0.1) is 0 Å². The summed E-state index contributed by atoms with van der Waals surface area (Å²) in [5, 5.41) is 0.581. The molecule has 0 aliphatic carbocycles. The van der Waals surface area contributed by atoms with E-state index in [0.717, 1.165) is 5.56 Å². The third kappa shape index (κ3) is 3.37. The van der Waals surface area contributed by atoms with Crippen molar-refractivity contribution in [3.8, 4) is 5.75 Å². The first kappa shape index (κ1) is 16.3. The number of hydrogen-bond acceptors (Lipinski definition) is 5. The van der Waals surface area contributed by atoms with Gasteiger partial charge in [-0.3, -0.25) is 4.79 Å². The number of amides is 1. The summed E-state index contributed by atoms with van der Waals surface area (Å²) in [6.07, 6.45) is 0.162. The molecule has 1 aromatic rings. The molecule has 2 aliphatic heterocycles. The third-order valence-electron chi connectivity index (χ3n) is 4.08. The topological polar surface area (TPSA) is 76.0 Å². The summed E-state index contributed by atoms with van der Waals surface area (Å²) in [7, 11) is 0.399. The summed E-state index contributed by atoms with van der Waals surface area (Å²) < 4.78 is 28.6. The van der Waals surface area contributed by atoms with Crippen LogP contribution in [0.2, 0.25) is 0 Å². The molecule has 6 nitrogen and oxygen atoms in total. The van der Waals surface area contributed by atoms with Crippen molar-refractivity contribution in [2.24, 2.45) is 4.99 Å². The van der Waals surface area contributed by atoms with Gasteiger partial charge >= 0.3 is 0 Å². The number of para-hydroxylation sites is 1. The van der Waals surface area contributed by atoms with E-state index in [2.05, 4.69) is 4.99 Å². The molecule has 2 fully saturated rings. The summed E-state index contributed by atoms with van der Waals surface area (Å²) in [5.41, 5.74) is 0.790. The fraction of sp³-hybridized carbons (Fsp3) is 0.467. The number of sulfone groups is 1. The minimum atomic E-state index is -2.97. The van der Waals surface area contributed by atoms with Crippen molar-refractivity contribution in [2.75, 3.05) is 25.7 Å². The molecule has 2 aliphatic rings. The minimum Gasteiger partial charge on any atom is -0.496 e. The monoisotopic (exact) mass is 354 g/mol. The number of nitrogens with zero attached hydrogens (tertiary/aromatic N) is 2. The number of aliphatic imine (C=N–C) groups is 1. The number of carbonyl (C=O) groups is 1. The quantitative estimate of drug-likeness (QED) is 0.805. The highest BCUT2D eigenvalue weighted by Gasteiger charge is 2.47. The van der Waals surface area contributed by atoms with Crippen LogP contribution in [-0.4, -0.2) is 61.3 Å². The summed E-state index contributed by atoms with van der Waals surface area (Å²) >= 11 is 1.39. The van der Waals surface area contributed by atoms with Gasteiger partial charge < -0.3 is 9.64 Å². The minimum absolute atomic E-state index is 0.0252. The molecule has 1 aromatic carbocycles. The molecule has 124 valence electrons. The number of methoxy groups -OCH3 is 1. The zero-order valence-electron chi connectivity index (χ0n) is 12.9. The van der Waals surface area contributed by atoms with Crippen LogP contribution in [0.1, 0.15) is 5.56 Å². The summed E-state index contributed by atoms with van der Waals surface area (Å²) in [6.45, 7) is 0. The number of benzene rings is 1. The van der Waals surface area contributed by atoms with Crippen molar-refractivity contribution in [3.63, 3.8) is 0 Å². The average Bonchev–Trinajstić information content (AvgIpc) is 2.93. The summed E-state index contributed by atoms with van der Waals surface area (Å²) in [4.78, 5) is 18.2. The normalized spacial score (nSPS) is 27.2. The van der Waals surface area contributed by atoms with Crippen LogP contribution in [-0.2, 0) is 21.1 Å². The van der Waals surface area contributed by atoms with Gasteiger partial charge in [-0.05, 0) is 6.07 Å². The fourth-order valence-corrected chi connectivity index (χ4v) is 6.91. The lowest BCUT2D eigenvalue weighted by Gasteiger charge is -2.17. The third-order valence-corrected chi connectivity index (χ3v) is 7.38. The Kier molecular flexibility index (Phi) is 4.37. The number of thioether (sulfide) groups is 1. The Morgan fingerprint density at radius 3 is 2.83 bits per heavy atom. The van der Waals surface area contributed by atoms with Crippen molar-refractivity contribution < 1.29 is 17.9 Å². The van der Waals surface area contributed by atoms with E-state index >= 15 is 0 Å². The molecule has 0 spiro atoms. The molecule has 0 radical (unpaired) electrons. The van der Waals surface area contributed by atoms with Gasteiger partial charge in [0.05, 0.1) is 31.1 Å².